The van der Waals surface area contributed by atoms with E-state index in [4.69, 9.17) is 44.0 Å². The maximum Gasteiger partial charge on any atom is 0.331 e. The van der Waals surface area contributed by atoms with E-state index in [-0.39, 0.29) is 32.6 Å². The molecule has 0 fully saturated rings. The average Bonchev–Trinajstić information content (AvgIpc) is 3.36. The predicted molar refractivity (Wildman–Crippen MR) is 148 cm³/mol. The minimum atomic E-state index is -2.16. The first kappa shape index (κ1) is 26.5. The van der Waals surface area contributed by atoms with Gasteiger partial charge >= 0.3 is 5.97 Å². The number of carbonyl (C=O) groups excluding carboxylic acids is 2. The number of aromatic nitrogens is 1. The monoisotopic (exact) mass is 573 g/mol. The molecule has 3 heterocycles. The smallest absolute Gasteiger partial charge is 0.331 e. The van der Waals surface area contributed by atoms with E-state index in [1.165, 1.54) is 36.0 Å². The number of alkyl halides is 1. The Labute approximate surface area is 233 Å². The summed E-state index contributed by atoms with van der Waals surface area (Å²) >= 11 is 19.0. The molecule has 0 aliphatic carbocycles. The largest absolute Gasteiger partial charge is 0.464 e. The lowest BCUT2D eigenvalue weighted by molar-refractivity contribution is -0.148. The lowest BCUT2D eigenvalue weighted by atomic mass is 9.88. The molecule has 196 valence electrons. The second kappa shape index (κ2) is 9.01. The Balaban J connectivity index is 1.71. The number of carbonyl (C=O) groups is 2. The third-order valence-electron chi connectivity index (χ3n) is 6.43. The Morgan fingerprint density at radius 1 is 1.13 bits per heavy atom. The van der Waals surface area contributed by atoms with Gasteiger partial charge in [-0.15, -0.1) is 0 Å². The number of ether oxygens (including phenoxy) is 1. The lowest BCUT2D eigenvalue weighted by Crippen LogP contribution is -2.33. The van der Waals surface area contributed by atoms with Crippen LogP contribution in [0, 0.1) is 6.92 Å². The van der Waals surface area contributed by atoms with E-state index in [9.17, 15) is 9.59 Å². The molecule has 0 spiro atoms. The van der Waals surface area contributed by atoms with Gasteiger partial charge in [-0.2, -0.15) is 0 Å². The molecular formula is C29H23Cl3FNO4. The molecule has 1 aliphatic heterocycles. The Morgan fingerprint density at radius 2 is 1.79 bits per heavy atom. The van der Waals surface area contributed by atoms with E-state index in [0.717, 1.165) is 0 Å². The summed E-state index contributed by atoms with van der Waals surface area (Å²) in [5.41, 5.74) is -0.361. The van der Waals surface area contributed by atoms with E-state index < -0.39 is 23.1 Å². The number of rotatable bonds is 3. The van der Waals surface area contributed by atoms with Crippen LogP contribution in [-0.2, 0) is 15.2 Å². The summed E-state index contributed by atoms with van der Waals surface area (Å²) in [5, 5.41) is 1.36. The van der Waals surface area contributed by atoms with E-state index in [0.29, 0.717) is 32.6 Å². The zero-order chi connectivity index (χ0) is 27.7. The van der Waals surface area contributed by atoms with Crippen LogP contribution in [0.3, 0.4) is 0 Å². The summed E-state index contributed by atoms with van der Waals surface area (Å²) in [6, 6.07) is 8.26. The van der Waals surface area contributed by atoms with Gasteiger partial charge in [-0.1, -0.05) is 46.9 Å². The standard InChI is InChI=1S/C29H23Cl3FNO4/c1-14-22-15(9-10-21(35)38-28(2,3)4)7-6-8-20(22)34-25(14)29(5,33)26-24(27(34)36)17(13-37-26)23-18(31)11-16(30)12-19(23)32/h6-13H,1-5H3/b10-9+. The number of hydrogen-bond donors (Lipinski definition) is 0. The summed E-state index contributed by atoms with van der Waals surface area (Å²) in [6.07, 6.45) is 4.21. The first-order chi connectivity index (χ1) is 17.7. The highest BCUT2D eigenvalue weighted by Gasteiger charge is 2.48. The fraction of sp³-hybridized carbons (Fsp3) is 0.241. The molecule has 2 aromatic heterocycles. The normalized spacial score (nSPS) is 17.2. The van der Waals surface area contributed by atoms with Crippen LogP contribution in [0.5, 0.6) is 0 Å². The van der Waals surface area contributed by atoms with Crippen molar-refractivity contribution in [2.24, 2.45) is 0 Å². The summed E-state index contributed by atoms with van der Waals surface area (Å²) in [4.78, 5) is 26.3. The zero-order valence-corrected chi connectivity index (χ0v) is 23.5. The Morgan fingerprint density at radius 3 is 2.42 bits per heavy atom. The predicted octanol–water partition coefficient (Wildman–Crippen LogP) is 8.76. The topological polar surface area (TPSA) is 61.4 Å². The number of nitrogens with zero attached hydrogens (tertiary/aromatic N) is 1. The highest BCUT2D eigenvalue weighted by Crippen LogP contribution is 2.50. The Kier molecular flexibility index (Phi) is 6.29. The van der Waals surface area contributed by atoms with Crippen LogP contribution in [0.15, 0.2) is 47.1 Å². The van der Waals surface area contributed by atoms with Crippen molar-refractivity contribution in [2.45, 2.75) is 45.9 Å². The van der Waals surface area contributed by atoms with E-state index in [1.54, 1.807) is 52.0 Å². The molecule has 1 unspecified atom stereocenters. The number of halogens is 4. The second-order valence-corrected chi connectivity index (χ2v) is 11.6. The SMILES string of the molecule is Cc1c2n(c3cccc(/C=C/C(=O)OC(C)(C)C)c13)C(=O)c1c(-c3c(Cl)cc(Cl)cc3Cl)coc1C2(C)F. The fourth-order valence-electron chi connectivity index (χ4n) is 5.08. The fourth-order valence-corrected chi connectivity index (χ4v) is 6.10. The molecule has 38 heavy (non-hydrogen) atoms. The van der Waals surface area contributed by atoms with Crippen molar-refractivity contribution < 1.29 is 23.1 Å². The van der Waals surface area contributed by atoms with Gasteiger partial charge in [0.05, 0.1) is 33.1 Å². The van der Waals surface area contributed by atoms with Gasteiger partial charge < -0.3 is 9.15 Å². The molecule has 4 aromatic rings. The molecule has 0 radical (unpaired) electrons. The van der Waals surface area contributed by atoms with Crippen LogP contribution in [0.25, 0.3) is 28.1 Å². The summed E-state index contributed by atoms with van der Waals surface area (Å²) in [6.45, 7) is 8.43. The second-order valence-electron chi connectivity index (χ2n) is 10.3. The van der Waals surface area contributed by atoms with E-state index >= 15 is 4.39 Å². The molecule has 1 atom stereocenters. The van der Waals surface area contributed by atoms with Crippen LogP contribution in [0.1, 0.15) is 60.6 Å². The van der Waals surface area contributed by atoms with Gasteiger partial charge in [-0.3, -0.25) is 9.36 Å². The molecule has 9 heteroatoms. The summed E-state index contributed by atoms with van der Waals surface area (Å²) in [7, 11) is 0. The first-order valence-corrected chi connectivity index (χ1v) is 12.9. The molecule has 0 amide bonds. The van der Waals surface area contributed by atoms with E-state index in [2.05, 4.69) is 0 Å². The molecule has 0 N–H and O–H groups in total. The third kappa shape index (κ3) is 4.15. The molecule has 0 saturated carbocycles. The molecule has 1 aliphatic rings. The highest BCUT2D eigenvalue weighted by atomic mass is 35.5. The van der Waals surface area contributed by atoms with Crippen LogP contribution in [0.2, 0.25) is 15.1 Å². The van der Waals surface area contributed by atoms with Crippen LogP contribution < -0.4 is 0 Å². The number of fused-ring (bicyclic) bond motifs is 4. The molecule has 5 rings (SSSR count). The van der Waals surface area contributed by atoms with Gasteiger partial charge in [0.2, 0.25) is 5.67 Å². The number of hydrogen-bond acceptors (Lipinski definition) is 4. The van der Waals surface area contributed by atoms with Crippen molar-refractivity contribution in [1.29, 1.82) is 0 Å². The zero-order valence-electron chi connectivity index (χ0n) is 21.2. The van der Waals surface area contributed by atoms with Crippen molar-refractivity contribution in [2.75, 3.05) is 0 Å². The van der Waals surface area contributed by atoms with Gasteiger partial charge in [0, 0.05) is 27.6 Å². The van der Waals surface area contributed by atoms with Crippen molar-refractivity contribution in [1.82, 2.24) is 4.57 Å². The third-order valence-corrected chi connectivity index (χ3v) is 7.24. The summed E-state index contributed by atoms with van der Waals surface area (Å²) in [5.74, 6) is -1.13. The number of aryl methyl sites for hydroxylation is 1. The van der Waals surface area contributed by atoms with Gasteiger partial charge in [0.1, 0.15) is 5.60 Å². The summed E-state index contributed by atoms with van der Waals surface area (Å²) < 4.78 is 29.1. The molecule has 2 aromatic carbocycles. The number of esters is 1. The number of furan rings is 1. The highest BCUT2D eigenvalue weighted by molar-refractivity contribution is 6.42. The van der Waals surface area contributed by atoms with Crippen LogP contribution in [0.4, 0.5) is 4.39 Å². The van der Waals surface area contributed by atoms with Crippen molar-refractivity contribution in [3.8, 4) is 11.1 Å². The average molecular weight is 575 g/mol. The molecule has 5 nitrogen and oxygen atoms in total. The van der Waals surface area contributed by atoms with Gasteiger partial charge in [0.15, 0.2) is 5.76 Å². The van der Waals surface area contributed by atoms with Crippen LogP contribution >= 0.6 is 34.8 Å². The molecule has 0 saturated heterocycles. The van der Waals surface area contributed by atoms with Gasteiger partial charge in [-0.25, -0.2) is 9.18 Å². The van der Waals surface area contributed by atoms with E-state index in [1.807, 2.05) is 0 Å². The maximum absolute atomic E-state index is 16.7. The number of benzene rings is 2. The van der Waals surface area contributed by atoms with Crippen molar-refractivity contribution >= 4 is 63.7 Å². The first-order valence-electron chi connectivity index (χ1n) is 11.8. The maximum atomic E-state index is 16.7. The minimum absolute atomic E-state index is 0.0280. The lowest BCUT2D eigenvalue weighted by Gasteiger charge is -2.27. The van der Waals surface area contributed by atoms with Gasteiger partial charge in [-0.05, 0) is 70.0 Å². The van der Waals surface area contributed by atoms with Crippen molar-refractivity contribution in [3.05, 3.63) is 85.9 Å². The van der Waals surface area contributed by atoms with Crippen molar-refractivity contribution in [3.63, 3.8) is 0 Å². The molecule has 0 bridgehead atoms. The quantitative estimate of drug-likeness (QED) is 0.181. The molecular weight excluding hydrogens is 552 g/mol. The minimum Gasteiger partial charge on any atom is -0.464 e. The van der Waals surface area contributed by atoms with Crippen LogP contribution in [-0.4, -0.2) is 22.0 Å². The van der Waals surface area contributed by atoms with Gasteiger partial charge in [0.25, 0.3) is 5.91 Å². The Bertz CT molecular complexity index is 1670. The Hall–Kier alpha value is -3.06.